The van der Waals surface area contributed by atoms with Gasteiger partial charge in [-0.1, -0.05) is 0 Å². The average Bonchev–Trinajstić information content (AvgIpc) is 2.83. The van der Waals surface area contributed by atoms with Gasteiger partial charge >= 0.3 is 0 Å². The number of nitrogens with zero attached hydrogens (tertiary/aromatic N) is 2. The van der Waals surface area contributed by atoms with Crippen LogP contribution in [0.25, 0.3) is 0 Å². The highest BCUT2D eigenvalue weighted by molar-refractivity contribution is 5.85. The molecule has 0 radical (unpaired) electrons. The molecule has 0 aromatic rings. The second-order valence-corrected chi connectivity index (χ2v) is 5.46. The van der Waals surface area contributed by atoms with Crippen molar-refractivity contribution in [2.75, 3.05) is 32.7 Å². The van der Waals surface area contributed by atoms with E-state index < -0.39 is 0 Å². The van der Waals surface area contributed by atoms with E-state index in [2.05, 4.69) is 5.32 Å². The van der Waals surface area contributed by atoms with Crippen molar-refractivity contribution in [3.63, 3.8) is 0 Å². The van der Waals surface area contributed by atoms with Crippen molar-refractivity contribution in [3.8, 4) is 0 Å². The summed E-state index contributed by atoms with van der Waals surface area (Å²) in [6, 6.07) is 0. The van der Waals surface area contributed by atoms with Gasteiger partial charge in [-0.05, 0) is 25.7 Å². The maximum absolute atomic E-state index is 11.7. The molecule has 2 heterocycles. The van der Waals surface area contributed by atoms with Crippen LogP contribution < -0.4 is 5.32 Å². The lowest BCUT2D eigenvalue weighted by molar-refractivity contribution is -0.137. The Balaban J connectivity index is 1.58. The first-order chi connectivity index (χ1) is 9.66. The van der Waals surface area contributed by atoms with Crippen LogP contribution in [0.1, 0.15) is 38.5 Å². The Morgan fingerprint density at radius 1 is 1.00 bits per heavy atom. The molecule has 6 heteroatoms. The number of carbonyl (C=O) groups is 3. The van der Waals surface area contributed by atoms with Crippen LogP contribution in [0.2, 0.25) is 0 Å². The summed E-state index contributed by atoms with van der Waals surface area (Å²) in [5.41, 5.74) is 0. The fraction of sp³-hybridized carbons (Fsp3) is 0.786. The third-order valence-corrected chi connectivity index (χ3v) is 3.85. The van der Waals surface area contributed by atoms with E-state index in [1.54, 1.807) is 4.90 Å². The number of likely N-dealkylation sites (tertiary alicyclic amines) is 2. The standard InChI is InChI=1S/C14H23N3O3/c18-12(11-17-8-2-1-5-14(17)20)15-7-4-10-16-9-3-6-13(16)19/h1-11H2,(H,15,18). The Kier molecular flexibility index (Phi) is 5.38. The van der Waals surface area contributed by atoms with Crippen LogP contribution in [0.5, 0.6) is 0 Å². The van der Waals surface area contributed by atoms with Crippen molar-refractivity contribution < 1.29 is 14.4 Å². The van der Waals surface area contributed by atoms with Crippen LogP contribution in [-0.4, -0.2) is 60.2 Å². The summed E-state index contributed by atoms with van der Waals surface area (Å²) in [7, 11) is 0. The number of hydrogen-bond acceptors (Lipinski definition) is 3. The van der Waals surface area contributed by atoms with Crippen molar-refractivity contribution in [1.82, 2.24) is 15.1 Å². The Morgan fingerprint density at radius 3 is 2.40 bits per heavy atom. The van der Waals surface area contributed by atoms with E-state index >= 15 is 0 Å². The zero-order valence-electron chi connectivity index (χ0n) is 11.9. The molecule has 20 heavy (non-hydrogen) atoms. The van der Waals surface area contributed by atoms with Crippen LogP contribution in [0, 0.1) is 0 Å². The summed E-state index contributed by atoms with van der Waals surface area (Å²) in [5.74, 6) is 0.192. The van der Waals surface area contributed by atoms with Gasteiger partial charge in [-0.25, -0.2) is 0 Å². The highest BCUT2D eigenvalue weighted by atomic mass is 16.2. The van der Waals surface area contributed by atoms with E-state index in [9.17, 15) is 14.4 Å². The molecule has 112 valence electrons. The maximum atomic E-state index is 11.7. The van der Waals surface area contributed by atoms with Gasteiger partial charge in [0.05, 0.1) is 6.54 Å². The van der Waals surface area contributed by atoms with Crippen LogP contribution in [0.3, 0.4) is 0 Å². The molecule has 0 spiro atoms. The molecule has 0 unspecified atom stereocenters. The van der Waals surface area contributed by atoms with Crippen molar-refractivity contribution >= 4 is 17.7 Å². The maximum Gasteiger partial charge on any atom is 0.239 e. The average molecular weight is 281 g/mol. The SMILES string of the molecule is O=C(CN1CCCCC1=O)NCCCN1CCCC1=O. The number of rotatable bonds is 6. The Morgan fingerprint density at radius 2 is 1.70 bits per heavy atom. The van der Waals surface area contributed by atoms with Gasteiger partial charge in [0.15, 0.2) is 0 Å². The Bertz CT molecular complexity index is 384. The lowest BCUT2D eigenvalue weighted by Gasteiger charge is -2.26. The van der Waals surface area contributed by atoms with E-state index in [0.717, 1.165) is 32.2 Å². The number of amides is 3. The van der Waals surface area contributed by atoms with Crippen LogP contribution in [0.15, 0.2) is 0 Å². The molecule has 2 aliphatic rings. The van der Waals surface area contributed by atoms with Crippen molar-refractivity contribution in [1.29, 1.82) is 0 Å². The molecular weight excluding hydrogens is 258 g/mol. The highest BCUT2D eigenvalue weighted by Gasteiger charge is 2.21. The molecule has 0 atom stereocenters. The van der Waals surface area contributed by atoms with Gasteiger partial charge in [0.25, 0.3) is 0 Å². The van der Waals surface area contributed by atoms with Crippen LogP contribution in [-0.2, 0) is 14.4 Å². The van der Waals surface area contributed by atoms with E-state index in [-0.39, 0.29) is 24.3 Å². The highest BCUT2D eigenvalue weighted by Crippen LogP contribution is 2.10. The van der Waals surface area contributed by atoms with Gasteiger partial charge in [0.1, 0.15) is 0 Å². The van der Waals surface area contributed by atoms with E-state index in [4.69, 9.17) is 0 Å². The minimum atomic E-state index is -0.104. The molecule has 0 aromatic heterocycles. The van der Waals surface area contributed by atoms with Gasteiger partial charge in [0, 0.05) is 39.0 Å². The minimum Gasteiger partial charge on any atom is -0.354 e. The molecule has 6 nitrogen and oxygen atoms in total. The molecule has 1 N–H and O–H groups in total. The van der Waals surface area contributed by atoms with Crippen LogP contribution in [0.4, 0.5) is 0 Å². The van der Waals surface area contributed by atoms with E-state index in [1.165, 1.54) is 0 Å². The normalized spacial score (nSPS) is 19.6. The predicted octanol–water partition coefficient (Wildman–Crippen LogP) is 0.128. The third-order valence-electron chi connectivity index (χ3n) is 3.85. The van der Waals surface area contributed by atoms with Gasteiger partial charge in [-0.15, -0.1) is 0 Å². The van der Waals surface area contributed by atoms with E-state index in [0.29, 0.717) is 32.5 Å². The van der Waals surface area contributed by atoms with Gasteiger partial charge in [0.2, 0.25) is 17.7 Å². The molecule has 2 saturated heterocycles. The van der Waals surface area contributed by atoms with Crippen molar-refractivity contribution in [2.45, 2.75) is 38.5 Å². The first kappa shape index (κ1) is 14.8. The predicted molar refractivity (Wildman–Crippen MR) is 73.9 cm³/mol. The van der Waals surface area contributed by atoms with Gasteiger partial charge < -0.3 is 15.1 Å². The second-order valence-electron chi connectivity index (χ2n) is 5.46. The number of hydrogen-bond donors (Lipinski definition) is 1. The molecule has 3 amide bonds. The fourth-order valence-corrected chi connectivity index (χ4v) is 2.70. The summed E-state index contributed by atoms with van der Waals surface area (Å²) < 4.78 is 0. The largest absolute Gasteiger partial charge is 0.354 e. The molecule has 0 bridgehead atoms. The number of piperidine rings is 1. The van der Waals surface area contributed by atoms with Crippen molar-refractivity contribution in [2.24, 2.45) is 0 Å². The van der Waals surface area contributed by atoms with E-state index in [1.807, 2.05) is 4.90 Å². The monoisotopic (exact) mass is 281 g/mol. The first-order valence-electron chi connectivity index (χ1n) is 7.49. The van der Waals surface area contributed by atoms with Gasteiger partial charge in [-0.3, -0.25) is 14.4 Å². The fourth-order valence-electron chi connectivity index (χ4n) is 2.70. The zero-order chi connectivity index (χ0) is 14.4. The number of carbonyl (C=O) groups excluding carboxylic acids is 3. The minimum absolute atomic E-state index is 0.0778. The summed E-state index contributed by atoms with van der Waals surface area (Å²) in [6.07, 6.45) is 4.85. The zero-order valence-corrected chi connectivity index (χ0v) is 11.9. The van der Waals surface area contributed by atoms with Crippen LogP contribution >= 0.6 is 0 Å². The topological polar surface area (TPSA) is 69.7 Å². The van der Waals surface area contributed by atoms with Gasteiger partial charge in [-0.2, -0.15) is 0 Å². The molecular formula is C14H23N3O3. The molecule has 0 aliphatic carbocycles. The van der Waals surface area contributed by atoms with Crippen molar-refractivity contribution in [3.05, 3.63) is 0 Å². The molecule has 2 rings (SSSR count). The third kappa shape index (κ3) is 4.21. The summed E-state index contributed by atoms with van der Waals surface area (Å²) in [4.78, 5) is 38.2. The summed E-state index contributed by atoms with van der Waals surface area (Å²) in [5, 5.41) is 2.82. The first-order valence-corrected chi connectivity index (χ1v) is 7.49. The smallest absolute Gasteiger partial charge is 0.239 e. The molecule has 0 saturated carbocycles. The molecule has 2 fully saturated rings. The summed E-state index contributed by atoms with van der Waals surface area (Å²) in [6.45, 7) is 2.97. The second kappa shape index (κ2) is 7.26. The Hall–Kier alpha value is -1.59. The molecule has 2 aliphatic heterocycles. The Labute approximate surface area is 119 Å². The number of nitrogens with one attached hydrogen (secondary N) is 1. The lowest BCUT2D eigenvalue weighted by atomic mass is 10.1. The quantitative estimate of drug-likeness (QED) is 0.703. The molecule has 0 aromatic carbocycles. The summed E-state index contributed by atoms with van der Waals surface area (Å²) >= 11 is 0. The lowest BCUT2D eigenvalue weighted by Crippen LogP contribution is -2.43.